The van der Waals surface area contributed by atoms with Gasteiger partial charge in [-0.2, -0.15) is 0 Å². The van der Waals surface area contributed by atoms with Gasteiger partial charge in [0.2, 0.25) is 5.88 Å². The summed E-state index contributed by atoms with van der Waals surface area (Å²) in [5, 5.41) is 6.58. The number of aromatic nitrogens is 1. The average molecular weight is 506 g/mol. The molecule has 0 saturated heterocycles. The third-order valence-corrected chi connectivity index (χ3v) is 4.34. The first-order valence-electron chi connectivity index (χ1n) is 10.0. The molecule has 0 aliphatic heterocycles. The third-order valence-electron chi connectivity index (χ3n) is 4.34. The Morgan fingerprint density at radius 1 is 1.18 bits per heavy atom. The largest absolute Gasteiger partial charge is 0.474 e. The highest BCUT2D eigenvalue weighted by Gasteiger charge is 2.16. The van der Waals surface area contributed by atoms with Crippen LogP contribution in [0.2, 0.25) is 0 Å². The molecule has 0 bridgehead atoms. The number of guanidine groups is 1. The van der Waals surface area contributed by atoms with Crippen LogP contribution in [0.4, 0.5) is 0 Å². The molecule has 160 valence electrons. The van der Waals surface area contributed by atoms with Crippen molar-refractivity contribution in [3.8, 4) is 5.88 Å². The molecule has 8 heteroatoms. The van der Waals surface area contributed by atoms with Crippen molar-refractivity contribution < 1.29 is 14.2 Å². The van der Waals surface area contributed by atoms with Gasteiger partial charge in [0.25, 0.3) is 0 Å². The summed E-state index contributed by atoms with van der Waals surface area (Å²) in [6, 6.07) is 3.98. The number of halogens is 1. The quantitative estimate of drug-likeness (QED) is 0.196. The molecule has 7 nitrogen and oxygen atoms in total. The first-order chi connectivity index (χ1) is 13.3. The van der Waals surface area contributed by atoms with Crippen LogP contribution in [-0.2, 0) is 16.0 Å². The number of methoxy groups -OCH3 is 1. The minimum Gasteiger partial charge on any atom is -0.474 e. The fraction of sp³-hybridized carbons (Fsp3) is 0.700. The Morgan fingerprint density at radius 2 is 2.00 bits per heavy atom. The number of hydrogen-bond acceptors (Lipinski definition) is 5. The molecule has 1 aliphatic rings. The van der Waals surface area contributed by atoms with Gasteiger partial charge in [-0.25, -0.2) is 9.98 Å². The van der Waals surface area contributed by atoms with E-state index in [1.165, 1.54) is 12.8 Å². The number of hydrogen-bond donors (Lipinski definition) is 2. The van der Waals surface area contributed by atoms with E-state index < -0.39 is 0 Å². The summed E-state index contributed by atoms with van der Waals surface area (Å²) in [4.78, 5) is 9.03. The molecule has 1 aromatic rings. The fourth-order valence-electron chi connectivity index (χ4n) is 2.89. The molecule has 0 radical (unpaired) electrons. The third kappa shape index (κ3) is 10.4. The zero-order valence-electron chi connectivity index (χ0n) is 17.1. The monoisotopic (exact) mass is 506 g/mol. The number of nitrogens with zero attached hydrogens (tertiary/aromatic N) is 2. The van der Waals surface area contributed by atoms with Gasteiger partial charge in [-0.3, -0.25) is 0 Å². The minimum atomic E-state index is 0. The summed E-state index contributed by atoms with van der Waals surface area (Å²) >= 11 is 0. The lowest BCUT2D eigenvalue weighted by atomic mass is 10.3. The molecule has 1 heterocycles. The zero-order chi connectivity index (χ0) is 19.2. The first kappa shape index (κ1) is 24.9. The van der Waals surface area contributed by atoms with Crippen molar-refractivity contribution >= 4 is 29.9 Å². The topological polar surface area (TPSA) is 77.0 Å². The van der Waals surface area contributed by atoms with E-state index in [2.05, 4.69) is 27.5 Å². The second kappa shape index (κ2) is 15.8. The highest BCUT2D eigenvalue weighted by molar-refractivity contribution is 14.0. The van der Waals surface area contributed by atoms with Crippen molar-refractivity contribution in [1.29, 1.82) is 0 Å². The van der Waals surface area contributed by atoms with Crippen LogP contribution >= 0.6 is 24.0 Å². The van der Waals surface area contributed by atoms with Crippen molar-refractivity contribution in [3.05, 3.63) is 23.9 Å². The second-order valence-electron chi connectivity index (χ2n) is 6.61. The molecular weight excluding hydrogens is 471 g/mol. The van der Waals surface area contributed by atoms with E-state index in [1.54, 1.807) is 7.11 Å². The van der Waals surface area contributed by atoms with Crippen molar-refractivity contribution in [3.63, 3.8) is 0 Å². The Balaban J connectivity index is 0.00000392. The molecule has 1 fully saturated rings. The van der Waals surface area contributed by atoms with Gasteiger partial charge in [0.15, 0.2) is 5.96 Å². The van der Waals surface area contributed by atoms with Crippen LogP contribution in [0.1, 0.15) is 44.6 Å². The lowest BCUT2D eigenvalue weighted by molar-refractivity contribution is 0.0698. The molecule has 1 saturated carbocycles. The Bertz CT molecular complexity index is 537. The van der Waals surface area contributed by atoms with Gasteiger partial charge in [0, 0.05) is 39.1 Å². The first-order valence-corrected chi connectivity index (χ1v) is 10.0. The van der Waals surface area contributed by atoms with Gasteiger partial charge < -0.3 is 24.8 Å². The van der Waals surface area contributed by atoms with Crippen LogP contribution in [0.25, 0.3) is 0 Å². The summed E-state index contributed by atoms with van der Waals surface area (Å²) in [6.07, 6.45) is 7.91. The predicted octanol–water partition coefficient (Wildman–Crippen LogP) is 3.13. The number of rotatable bonds is 12. The lowest BCUT2D eigenvalue weighted by Gasteiger charge is -2.12. The normalized spacial score (nSPS) is 14.6. The van der Waals surface area contributed by atoms with Crippen LogP contribution in [-0.4, -0.2) is 57.1 Å². The molecule has 1 aliphatic carbocycles. The lowest BCUT2D eigenvalue weighted by Crippen LogP contribution is -2.38. The van der Waals surface area contributed by atoms with Gasteiger partial charge in [0.05, 0.1) is 19.8 Å². The summed E-state index contributed by atoms with van der Waals surface area (Å²) in [6.45, 7) is 6.25. The molecule has 0 spiro atoms. The van der Waals surface area contributed by atoms with Gasteiger partial charge >= 0.3 is 0 Å². The summed E-state index contributed by atoms with van der Waals surface area (Å²) in [7, 11) is 1.68. The van der Waals surface area contributed by atoms with Gasteiger partial charge in [-0.05, 0) is 44.6 Å². The standard InChI is InChI=1S/C20H34N4O3.HI/c1-3-21-20(22-11-6-12-26-14-13-25-2)24-16-17-9-10-19(23-15-17)27-18-7-4-5-8-18;/h9-10,15,18H,3-8,11-14,16H2,1-2H3,(H2,21,22,24);1H. The van der Waals surface area contributed by atoms with Crippen molar-refractivity contribution in [2.75, 3.05) is 40.0 Å². The summed E-state index contributed by atoms with van der Waals surface area (Å²) in [5.41, 5.74) is 1.06. The van der Waals surface area contributed by atoms with E-state index in [1.807, 2.05) is 18.3 Å². The Kier molecular flexibility index (Phi) is 14.0. The Morgan fingerprint density at radius 3 is 2.68 bits per heavy atom. The predicted molar refractivity (Wildman–Crippen MR) is 123 cm³/mol. The average Bonchev–Trinajstić information content (AvgIpc) is 3.19. The SMILES string of the molecule is CCNC(=NCc1ccc(OC2CCCC2)nc1)NCCCOCCOC.I. The molecule has 1 aromatic heterocycles. The van der Waals surface area contributed by atoms with Crippen LogP contribution in [0, 0.1) is 0 Å². The number of nitrogens with one attached hydrogen (secondary N) is 2. The van der Waals surface area contributed by atoms with E-state index in [9.17, 15) is 0 Å². The zero-order valence-corrected chi connectivity index (χ0v) is 19.4. The number of pyridine rings is 1. The van der Waals surface area contributed by atoms with E-state index in [0.29, 0.717) is 38.3 Å². The van der Waals surface area contributed by atoms with E-state index in [0.717, 1.165) is 43.9 Å². The smallest absolute Gasteiger partial charge is 0.213 e. The fourth-order valence-corrected chi connectivity index (χ4v) is 2.89. The van der Waals surface area contributed by atoms with Gasteiger partial charge in [-0.15, -0.1) is 24.0 Å². The molecular formula is C20H35IN4O3. The van der Waals surface area contributed by atoms with Crippen LogP contribution in [0.15, 0.2) is 23.3 Å². The van der Waals surface area contributed by atoms with Gasteiger partial charge in [0.1, 0.15) is 6.10 Å². The highest BCUT2D eigenvalue weighted by Crippen LogP contribution is 2.22. The molecule has 0 atom stereocenters. The van der Waals surface area contributed by atoms with Crippen LogP contribution in [0.3, 0.4) is 0 Å². The Labute approximate surface area is 186 Å². The maximum Gasteiger partial charge on any atom is 0.213 e. The van der Waals surface area contributed by atoms with Gasteiger partial charge in [-0.1, -0.05) is 6.07 Å². The van der Waals surface area contributed by atoms with E-state index in [4.69, 9.17) is 14.2 Å². The molecule has 0 amide bonds. The van der Waals surface area contributed by atoms with Crippen molar-refractivity contribution in [1.82, 2.24) is 15.6 Å². The summed E-state index contributed by atoms with van der Waals surface area (Å²) < 4.78 is 16.3. The van der Waals surface area contributed by atoms with Crippen LogP contribution < -0.4 is 15.4 Å². The number of ether oxygens (including phenoxy) is 3. The van der Waals surface area contributed by atoms with Crippen molar-refractivity contribution in [2.45, 2.75) is 51.7 Å². The maximum absolute atomic E-state index is 5.90. The minimum absolute atomic E-state index is 0. The number of aliphatic imine (C=N–C) groups is 1. The van der Waals surface area contributed by atoms with Crippen molar-refractivity contribution in [2.24, 2.45) is 4.99 Å². The highest BCUT2D eigenvalue weighted by atomic mass is 127. The molecule has 0 aromatic carbocycles. The molecule has 2 rings (SSSR count). The summed E-state index contributed by atoms with van der Waals surface area (Å²) in [5.74, 6) is 1.52. The van der Waals surface area contributed by atoms with Crippen LogP contribution in [0.5, 0.6) is 5.88 Å². The molecule has 28 heavy (non-hydrogen) atoms. The van der Waals surface area contributed by atoms with E-state index >= 15 is 0 Å². The Hall–Kier alpha value is -1.13. The maximum atomic E-state index is 5.90. The molecule has 0 unspecified atom stereocenters. The second-order valence-corrected chi connectivity index (χ2v) is 6.61. The van der Waals surface area contributed by atoms with E-state index in [-0.39, 0.29) is 24.0 Å². The molecule has 2 N–H and O–H groups in total.